The van der Waals surface area contributed by atoms with Crippen LogP contribution in [0.4, 0.5) is 5.69 Å². The predicted octanol–water partition coefficient (Wildman–Crippen LogP) is 3.49. The summed E-state index contributed by atoms with van der Waals surface area (Å²) in [5.74, 6) is 0. The van der Waals surface area contributed by atoms with Crippen LogP contribution in [0.15, 0.2) is 54.6 Å². The van der Waals surface area contributed by atoms with Gasteiger partial charge in [0.1, 0.15) is 6.23 Å². The van der Waals surface area contributed by atoms with Gasteiger partial charge >= 0.3 is 0 Å². The molecule has 0 aliphatic heterocycles. The van der Waals surface area contributed by atoms with E-state index in [1.54, 1.807) is 0 Å². The molecule has 2 heteroatoms. The molecule has 0 saturated heterocycles. The van der Waals surface area contributed by atoms with E-state index in [9.17, 15) is 5.11 Å². The first-order chi connectivity index (χ1) is 8.31. The summed E-state index contributed by atoms with van der Waals surface area (Å²) in [5.41, 5.74) is 3.23. The first kappa shape index (κ1) is 11.7. The highest BCUT2D eigenvalue weighted by molar-refractivity contribution is 5.77. The standard InChI is InChI=1S/C15H17NO/c1-2-15(17)16-14-11-7-6-10-13(14)12-8-4-3-5-9-12/h3-11,15-17H,2H2,1H3. The van der Waals surface area contributed by atoms with Gasteiger partial charge in [-0.1, -0.05) is 55.5 Å². The number of rotatable bonds is 4. The summed E-state index contributed by atoms with van der Waals surface area (Å²) >= 11 is 0. The molecule has 0 heterocycles. The van der Waals surface area contributed by atoms with Gasteiger partial charge < -0.3 is 10.4 Å². The van der Waals surface area contributed by atoms with Crippen LogP contribution in [0.1, 0.15) is 13.3 Å². The van der Waals surface area contributed by atoms with E-state index in [0.717, 1.165) is 16.8 Å². The molecule has 0 saturated carbocycles. The molecule has 2 rings (SSSR count). The fourth-order valence-electron chi connectivity index (χ4n) is 1.76. The van der Waals surface area contributed by atoms with Crippen molar-refractivity contribution in [2.45, 2.75) is 19.6 Å². The molecule has 0 spiro atoms. The Kier molecular flexibility index (Phi) is 3.78. The van der Waals surface area contributed by atoms with E-state index in [4.69, 9.17) is 0 Å². The average molecular weight is 227 g/mol. The van der Waals surface area contributed by atoms with Crippen LogP contribution in [0.5, 0.6) is 0 Å². The highest BCUT2D eigenvalue weighted by Crippen LogP contribution is 2.27. The zero-order valence-electron chi connectivity index (χ0n) is 9.93. The monoisotopic (exact) mass is 227 g/mol. The number of nitrogens with one attached hydrogen (secondary N) is 1. The van der Waals surface area contributed by atoms with E-state index in [-0.39, 0.29) is 0 Å². The van der Waals surface area contributed by atoms with Gasteiger partial charge in [-0.05, 0) is 18.1 Å². The van der Waals surface area contributed by atoms with Gasteiger partial charge in [0.15, 0.2) is 0 Å². The highest BCUT2D eigenvalue weighted by atomic mass is 16.3. The number of para-hydroxylation sites is 1. The number of hydrogen-bond acceptors (Lipinski definition) is 2. The van der Waals surface area contributed by atoms with E-state index < -0.39 is 6.23 Å². The van der Waals surface area contributed by atoms with Crippen molar-refractivity contribution in [1.29, 1.82) is 0 Å². The second-order valence-electron chi connectivity index (χ2n) is 3.98. The zero-order chi connectivity index (χ0) is 12.1. The van der Waals surface area contributed by atoms with Crippen LogP contribution in [0.2, 0.25) is 0 Å². The van der Waals surface area contributed by atoms with Crippen molar-refractivity contribution >= 4 is 5.69 Å². The van der Waals surface area contributed by atoms with Crippen LogP contribution >= 0.6 is 0 Å². The van der Waals surface area contributed by atoms with E-state index in [1.165, 1.54) is 0 Å². The van der Waals surface area contributed by atoms with Gasteiger partial charge in [-0.3, -0.25) is 0 Å². The molecule has 0 aromatic heterocycles. The Morgan fingerprint density at radius 2 is 1.65 bits per heavy atom. The lowest BCUT2D eigenvalue weighted by Gasteiger charge is -2.15. The molecule has 0 fully saturated rings. The number of benzene rings is 2. The largest absolute Gasteiger partial charge is 0.374 e. The van der Waals surface area contributed by atoms with Gasteiger partial charge in [0.2, 0.25) is 0 Å². The fraction of sp³-hybridized carbons (Fsp3) is 0.200. The second-order valence-corrected chi connectivity index (χ2v) is 3.98. The van der Waals surface area contributed by atoms with Crippen LogP contribution in [0.25, 0.3) is 11.1 Å². The van der Waals surface area contributed by atoms with Gasteiger partial charge in [-0.25, -0.2) is 0 Å². The van der Waals surface area contributed by atoms with Crippen molar-refractivity contribution in [3.8, 4) is 11.1 Å². The lowest BCUT2D eigenvalue weighted by atomic mass is 10.0. The molecule has 88 valence electrons. The van der Waals surface area contributed by atoms with Crippen molar-refractivity contribution < 1.29 is 5.11 Å². The molecular formula is C15H17NO. The quantitative estimate of drug-likeness (QED) is 0.784. The van der Waals surface area contributed by atoms with Crippen molar-refractivity contribution in [1.82, 2.24) is 0 Å². The Hall–Kier alpha value is -1.80. The van der Waals surface area contributed by atoms with Crippen molar-refractivity contribution in [3.05, 3.63) is 54.6 Å². The van der Waals surface area contributed by atoms with Gasteiger partial charge in [-0.15, -0.1) is 0 Å². The normalized spacial score (nSPS) is 12.1. The maximum atomic E-state index is 9.67. The molecule has 2 aromatic carbocycles. The molecule has 1 unspecified atom stereocenters. The summed E-state index contributed by atoms with van der Waals surface area (Å²) in [5, 5.41) is 12.8. The van der Waals surface area contributed by atoms with Crippen LogP contribution in [0.3, 0.4) is 0 Å². The summed E-state index contributed by atoms with van der Waals surface area (Å²) in [6, 6.07) is 18.2. The molecule has 0 radical (unpaired) electrons. The topological polar surface area (TPSA) is 32.3 Å². The van der Waals surface area contributed by atoms with Gasteiger partial charge in [0.25, 0.3) is 0 Å². The fourth-order valence-corrected chi connectivity index (χ4v) is 1.76. The Bertz CT molecular complexity index is 467. The second kappa shape index (κ2) is 5.51. The first-order valence-corrected chi connectivity index (χ1v) is 5.90. The SMILES string of the molecule is CCC(O)Nc1ccccc1-c1ccccc1. The third kappa shape index (κ3) is 2.86. The Balaban J connectivity index is 2.34. The molecule has 0 aliphatic carbocycles. The van der Waals surface area contributed by atoms with E-state index >= 15 is 0 Å². The molecule has 0 amide bonds. The molecule has 0 aliphatic rings. The van der Waals surface area contributed by atoms with Gasteiger partial charge in [-0.2, -0.15) is 0 Å². The lowest BCUT2D eigenvalue weighted by Crippen LogP contribution is -2.17. The first-order valence-electron chi connectivity index (χ1n) is 5.90. The maximum Gasteiger partial charge on any atom is 0.124 e. The van der Waals surface area contributed by atoms with E-state index in [2.05, 4.69) is 23.5 Å². The summed E-state index contributed by atoms with van der Waals surface area (Å²) in [7, 11) is 0. The zero-order valence-corrected chi connectivity index (χ0v) is 9.93. The Labute approximate surface area is 102 Å². The average Bonchev–Trinajstić information content (AvgIpc) is 2.40. The molecule has 17 heavy (non-hydrogen) atoms. The van der Waals surface area contributed by atoms with Crippen molar-refractivity contribution in [3.63, 3.8) is 0 Å². The summed E-state index contributed by atoms with van der Waals surface area (Å²) in [6.45, 7) is 1.95. The van der Waals surface area contributed by atoms with E-state index in [1.807, 2.05) is 43.3 Å². The minimum atomic E-state index is -0.500. The van der Waals surface area contributed by atoms with Crippen LogP contribution in [-0.4, -0.2) is 11.3 Å². The van der Waals surface area contributed by atoms with E-state index in [0.29, 0.717) is 6.42 Å². The summed E-state index contributed by atoms with van der Waals surface area (Å²) in [4.78, 5) is 0. The molecular weight excluding hydrogens is 210 g/mol. The summed E-state index contributed by atoms with van der Waals surface area (Å²) in [6.07, 6.45) is 0.184. The maximum absolute atomic E-state index is 9.67. The minimum Gasteiger partial charge on any atom is -0.374 e. The smallest absolute Gasteiger partial charge is 0.124 e. The molecule has 2 N–H and O–H groups in total. The van der Waals surface area contributed by atoms with Crippen LogP contribution in [-0.2, 0) is 0 Å². The molecule has 2 aromatic rings. The number of aliphatic hydroxyl groups is 1. The molecule has 2 nitrogen and oxygen atoms in total. The molecule has 1 atom stereocenters. The lowest BCUT2D eigenvalue weighted by molar-refractivity contribution is 0.199. The highest BCUT2D eigenvalue weighted by Gasteiger charge is 2.06. The summed E-state index contributed by atoms with van der Waals surface area (Å²) < 4.78 is 0. The third-order valence-corrected chi connectivity index (χ3v) is 2.72. The van der Waals surface area contributed by atoms with Crippen LogP contribution in [0, 0.1) is 0 Å². The van der Waals surface area contributed by atoms with Gasteiger partial charge in [0.05, 0.1) is 0 Å². The Morgan fingerprint density at radius 1 is 1.00 bits per heavy atom. The number of anilines is 1. The number of aliphatic hydroxyl groups excluding tert-OH is 1. The van der Waals surface area contributed by atoms with Gasteiger partial charge in [0, 0.05) is 11.3 Å². The molecule has 0 bridgehead atoms. The Morgan fingerprint density at radius 3 is 2.35 bits per heavy atom. The predicted molar refractivity (Wildman–Crippen MR) is 71.8 cm³/mol. The van der Waals surface area contributed by atoms with Crippen molar-refractivity contribution in [2.24, 2.45) is 0 Å². The van der Waals surface area contributed by atoms with Crippen LogP contribution < -0.4 is 5.32 Å². The number of hydrogen-bond donors (Lipinski definition) is 2. The minimum absolute atomic E-state index is 0.500. The van der Waals surface area contributed by atoms with Crippen molar-refractivity contribution in [2.75, 3.05) is 5.32 Å². The third-order valence-electron chi connectivity index (χ3n) is 2.72.